The number of nitrogens with two attached hydrogens (primary N) is 2. The highest BCUT2D eigenvalue weighted by molar-refractivity contribution is 7.09. The van der Waals surface area contributed by atoms with Crippen LogP contribution < -0.4 is 16.2 Å². The average molecular weight is 283 g/mol. The van der Waals surface area contributed by atoms with Crippen LogP contribution in [0.15, 0.2) is 29.6 Å². The van der Waals surface area contributed by atoms with Crippen molar-refractivity contribution in [1.82, 2.24) is 0 Å². The first-order chi connectivity index (χ1) is 8.58. The fourth-order valence-electron chi connectivity index (χ4n) is 1.48. The second-order valence-electron chi connectivity index (χ2n) is 3.61. The van der Waals surface area contributed by atoms with Gasteiger partial charge in [-0.3, -0.25) is 4.79 Å². The molecule has 1 heterocycles. The van der Waals surface area contributed by atoms with E-state index in [1.165, 1.54) is 12.1 Å². The molecule has 0 unspecified atom stereocenters. The number of halogens is 1. The van der Waals surface area contributed by atoms with Crippen molar-refractivity contribution in [3.8, 4) is 5.75 Å². The number of benzene rings is 1. The lowest BCUT2D eigenvalue weighted by Gasteiger charge is -2.11. The lowest BCUT2D eigenvalue weighted by molar-refractivity contribution is 0.0996. The topological polar surface area (TPSA) is 78.3 Å². The van der Waals surface area contributed by atoms with E-state index >= 15 is 0 Å². The maximum atomic E-state index is 11.3. The molecule has 2 aromatic rings. The van der Waals surface area contributed by atoms with Crippen LogP contribution in [0.25, 0.3) is 0 Å². The molecule has 0 atom stereocenters. The van der Waals surface area contributed by atoms with Crippen molar-refractivity contribution in [3.63, 3.8) is 0 Å². The van der Waals surface area contributed by atoms with E-state index in [1.54, 1.807) is 11.3 Å². The number of rotatable bonds is 4. The molecular formula is C12H11ClN2O2S. The summed E-state index contributed by atoms with van der Waals surface area (Å²) in [7, 11) is 0. The molecule has 2 rings (SSSR count). The summed E-state index contributed by atoms with van der Waals surface area (Å²) in [5.74, 6) is -0.350. The molecule has 0 spiro atoms. The van der Waals surface area contributed by atoms with Crippen LogP contribution in [0, 0.1) is 0 Å². The summed E-state index contributed by atoms with van der Waals surface area (Å²) in [5, 5.41) is 2.22. The third-order valence-electron chi connectivity index (χ3n) is 2.27. The van der Waals surface area contributed by atoms with Gasteiger partial charge in [-0.1, -0.05) is 17.7 Å². The number of carbonyl (C=O) groups excluding carboxylic acids is 1. The van der Waals surface area contributed by atoms with Gasteiger partial charge < -0.3 is 16.2 Å². The molecule has 1 amide bonds. The van der Waals surface area contributed by atoms with Gasteiger partial charge in [-0.15, -0.1) is 11.3 Å². The summed E-state index contributed by atoms with van der Waals surface area (Å²) in [6.45, 7) is 0.335. The van der Waals surface area contributed by atoms with Crippen LogP contribution in [-0.2, 0) is 6.61 Å². The number of primary amides is 1. The summed E-state index contributed by atoms with van der Waals surface area (Å²) in [6, 6.07) is 6.83. The number of hydrogen-bond acceptors (Lipinski definition) is 4. The quantitative estimate of drug-likeness (QED) is 0.846. The minimum Gasteiger partial charge on any atom is -0.486 e. The lowest BCUT2D eigenvalue weighted by Crippen LogP contribution is -2.13. The van der Waals surface area contributed by atoms with Crippen LogP contribution >= 0.6 is 22.9 Å². The molecule has 0 saturated carbocycles. The van der Waals surface area contributed by atoms with Gasteiger partial charge in [0.1, 0.15) is 6.61 Å². The molecule has 1 aromatic carbocycles. The van der Waals surface area contributed by atoms with Gasteiger partial charge in [0.25, 0.3) is 5.91 Å². The second-order valence-corrected chi connectivity index (χ2v) is 5.05. The number of nitrogen functional groups attached to an aromatic ring is 1. The van der Waals surface area contributed by atoms with Gasteiger partial charge in [-0.25, -0.2) is 0 Å². The third kappa shape index (κ3) is 2.75. The number of ether oxygens (including phenoxy) is 1. The van der Waals surface area contributed by atoms with E-state index in [4.69, 9.17) is 27.8 Å². The summed E-state index contributed by atoms with van der Waals surface area (Å²) < 4.78 is 5.55. The number of thiophene rings is 1. The SMILES string of the molecule is NC(=O)c1cc(N)cc(Cl)c1OCc1cccs1. The number of hydrogen-bond donors (Lipinski definition) is 2. The summed E-state index contributed by atoms with van der Waals surface area (Å²) in [6.07, 6.45) is 0. The summed E-state index contributed by atoms with van der Waals surface area (Å²) >= 11 is 7.57. The summed E-state index contributed by atoms with van der Waals surface area (Å²) in [4.78, 5) is 12.3. The Morgan fingerprint density at radius 1 is 1.44 bits per heavy atom. The molecule has 0 fully saturated rings. The normalized spacial score (nSPS) is 10.3. The van der Waals surface area contributed by atoms with Crippen LogP contribution in [0.5, 0.6) is 5.75 Å². The fourth-order valence-corrected chi connectivity index (χ4v) is 2.38. The zero-order valence-electron chi connectivity index (χ0n) is 9.35. The van der Waals surface area contributed by atoms with Gasteiger partial charge in [0.15, 0.2) is 5.75 Å². The average Bonchev–Trinajstić information content (AvgIpc) is 2.79. The van der Waals surface area contributed by atoms with Crippen LogP contribution in [0.1, 0.15) is 15.2 Å². The Balaban J connectivity index is 2.28. The minimum absolute atomic E-state index is 0.191. The van der Waals surface area contributed by atoms with Gasteiger partial charge in [0, 0.05) is 10.6 Å². The highest BCUT2D eigenvalue weighted by atomic mass is 35.5. The van der Waals surface area contributed by atoms with E-state index < -0.39 is 5.91 Å². The predicted molar refractivity (Wildman–Crippen MR) is 73.0 cm³/mol. The Kier molecular flexibility index (Phi) is 3.74. The van der Waals surface area contributed by atoms with Crippen molar-refractivity contribution in [1.29, 1.82) is 0 Å². The van der Waals surface area contributed by atoms with Crippen molar-refractivity contribution in [2.45, 2.75) is 6.61 Å². The van der Waals surface area contributed by atoms with Crippen molar-refractivity contribution in [2.24, 2.45) is 5.73 Å². The van der Waals surface area contributed by atoms with Crippen molar-refractivity contribution in [3.05, 3.63) is 45.1 Å². The van der Waals surface area contributed by atoms with E-state index in [9.17, 15) is 4.79 Å². The van der Waals surface area contributed by atoms with Gasteiger partial charge in [0.2, 0.25) is 0 Å². The highest BCUT2D eigenvalue weighted by Gasteiger charge is 2.15. The first-order valence-corrected chi connectivity index (χ1v) is 6.37. The molecular weight excluding hydrogens is 272 g/mol. The summed E-state index contributed by atoms with van der Waals surface area (Å²) in [5.41, 5.74) is 11.4. The third-order valence-corrected chi connectivity index (χ3v) is 3.40. The van der Waals surface area contributed by atoms with Crippen LogP contribution in [0.3, 0.4) is 0 Å². The highest BCUT2D eigenvalue weighted by Crippen LogP contribution is 2.32. The molecule has 0 radical (unpaired) electrons. The fraction of sp³-hybridized carbons (Fsp3) is 0.0833. The van der Waals surface area contributed by atoms with Crippen molar-refractivity contribution >= 4 is 34.5 Å². The molecule has 0 aliphatic rings. The van der Waals surface area contributed by atoms with E-state index in [1.807, 2.05) is 17.5 Å². The Bertz CT molecular complexity index is 570. The zero-order valence-corrected chi connectivity index (χ0v) is 10.9. The standard InChI is InChI=1S/C12H11ClN2O2S/c13-10-5-7(14)4-9(12(15)16)11(10)17-6-8-2-1-3-18-8/h1-5H,6,14H2,(H2,15,16). The zero-order chi connectivity index (χ0) is 13.1. The number of anilines is 1. The number of amides is 1. The molecule has 0 saturated heterocycles. The van der Waals surface area contributed by atoms with Crippen LogP contribution in [0.2, 0.25) is 5.02 Å². The lowest BCUT2D eigenvalue weighted by atomic mass is 10.1. The van der Waals surface area contributed by atoms with E-state index in [0.29, 0.717) is 12.3 Å². The molecule has 4 nitrogen and oxygen atoms in total. The molecule has 6 heteroatoms. The van der Waals surface area contributed by atoms with Gasteiger partial charge >= 0.3 is 0 Å². The molecule has 0 aliphatic carbocycles. The van der Waals surface area contributed by atoms with Crippen LogP contribution in [-0.4, -0.2) is 5.91 Å². The van der Waals surface area contributed by atoms with Crippen molar-refractivity contribution in [2.75, 3.05) is 5.73 Å². The Labute approximate surface area is 113 Å². The first kappa shape index (κ1) is 12.7. The largest absolute Gasteiger partial charge is 0.486 e. The van der Waals surface area contributed by atoms with Gasteiger partial charge in [-0.05, 0) is 23.6 Å². The Morgan fingerprint density at radius 2 is 2.22 bits per heavy atom. The molecule has 0 bridgehead atoms. The van der Waals surface area contributed by atoms with Gasteiger partial charge in [0.05, 0.1) is 10.6 Å². The van der Waals surface area contributed by atoms with Crippen molar-refractivity contribution < 1.29 is 9.53 Å². The molecule has 0 aliphatic heterocycles. The molecule has 94 valence electrons. The first-order valence-electron chi connectivity index (χ1n) is 5.12. The minimum atomic E-state index is -0.620. The number of carbonyl (C=O) groups is 1. The Morgan fingerprint density at radius 3 is 2.83 bits per heavy atom. The van der Waals surface area contributed by atoms with E-state index in [2.05, 4.69) is 0 Å². The van der Waals surface area contributed by atoms with E-state index in [0.717, 1.165) is 4.88 Å². The molecule has 1 aromatic heterocycles. The maximum absolute atomic E-state index is 11.3. The van der Waals surface area contributed by atoms with Crippen LogP contribution in [0.4, 0.5) is 5.69 Å². The molecule has 4 N–H and O–H groups in total. The van der Waals surface area contributed by atoms with E-state index in [-0.39, 0.29) is 16.3 Å². The van der Waals surface area contributed by atoms with Gasteiger partial charge in [-0.2, -0.15) is 0 Å². The molecule has 18 heavy (non-hydrogen) atoms. The smallest absolute Gasteiger partial charge is 0.252 e. The second kappa shape index (κ2) is 5.29. The monoisotopic (exact) mass is 282 g/mol. The predicted octanol–water partition coefficient (Wildman–Crippen LogP) is 2.66. The Hall–Kier alpha value is -1.72. The maximum Gasteiger partial charge on any atom is 0.252 e.